The summed E-state index contributed by atoms with van der Waals surface area (Å²) >= 11 is 0. The largest absolute Gasteiger partial charge is 0.518 e. The molecular weight excluding hydrogens is 629 g/mol. The van der Waals surface area contributed by atoms with Gasteiger partial charge in [0.2, 0.25) is 0 Å². The topological polar surface area (TPSA) is 76.4 Å². The zero-order chi connectivity index (χ0) is 34.7. The van der Waals surface area contributed by atoms with Gasteiger partial charge in [-0.05, 0) is 53.8 Å². The van der Waals surface area contributed by atoms with E-state index < -0.39 is 55.1 Å². The van der Waals surface area contributed by atoms with E-state index in [2.05, 4.69) is 98.8 Å². The van der Waals surface area contributed by atoms with Gasteiger partial charge in [-0.2, -0.15) is 0 Å². The quantitative estimate of drug-likeness (QED) is 0.140. The van der Waals surface area contributed by atoms with Crippen molar-refractivity contribution in [2.75, 3.05) is 0 Å². The summed E-state index contributed by atoms with van der Waals surface area (Å²) < 4.78 is 39.5. The monoisotopic (exact) mass is 684 g/mol. The van der Waals surface area contributed by atoms with E-state index in [0.717, 1.165) is 11.1 Å². The molecule has 3 rings (SSSR count). The molecule has 0 fully saturated rings. The molecule has 2 heterocycles. The number of furan rings is 1. The third-order valence-corrected chi connectivity index (χ3v) is 18.7. The molecule has 1 aromatic carbocycles. The van der Waals surface area contributed by atoms with Crippen LogP contribution in [0.4, 0.5) is 0 Å². The average Bonchev–Trinajstić information content (AvgIpc) is 3.35. The van der Waals surface area contributed by atoms with Crippen LogP contribution in [-0.4, -0.2) is 49.0 Å². The van der Waals surface area contributed by atoms with Crippen LogP contribution in [0.1, 0.15) is 65.7 Å². The highest BCUT2D eigenvalue weighted by molar-refractivity contribution is 6.83. The fourth-order valence-electron chi connectivity index (χ4n) is 4.27. The maximum atomic E-state index is 12.5. The second-order valence-electron chi connectivity index (χ2n) is 16.3. The number of benzene rings is 1. The van der Waals surface area contributed by atoms with Crippen LogP contribution in [0.3, 0.4) is 0 Å². The van der Waals surface area contributed by atoms with E-state index in [1.54, 1.807) is 12.3 Å². The molecule has 0 unspecified atom stereocenters. The van der Waals surface area contributed by atoms with Gasteiger partial charge in [-0.1, -0.05) is 91.5 Å². The van der Waals surface area contributed by atoms with E-state index in [4.69, 9.17) is 27.5 Å². The lowest BCUT2D eigenvalue weighted by Gasteiger charge is -2.45. The summed E-state index contributed by atoms with van der Waals surface area (Å²) in [6.07, 6.45) is 0.536. The molecule has 0 N–H and O–H groups in total. The van der Waals surface area contributed by atoms with Gasteiger partial charge in [-0.3, -0.25) is 4.79 Å². The number of carbonyl (C=O) groups excluding carboxylic acids is 1. The van der Waals surface area contributed by atoms with Crippen molar-refractivity contribution >= 4 is 30.7 Å². The zero-order valence-electron chi connectivity index (χ0n) is 30.5. The van der Waals surface area contributed by atoms with Crippen molar-refractivity contribution in [3.63, 3.8) is 0 Å². The van der Waals surface area contributed by atoms with Crippen LogP contribution < -0.4 is 4.43 Å². The number of hydrogen-bond donors (Lipinski definition) is 0. The number of hydrogen-bond acceptors (Lipinski definition) is 7. The van der Waals surface area contributed by atoms with Crippen LogP contribution >= 0.6 is 0 Å². The number of esters is 1. The van der Waals surface area contributed by atoms with E-state index >= 15 is 0 Å². The van der Waals surface area contributed by atoms with Crippen LogP contribution in [0, 0.1) is 11.5 Å². The zero-order valence-corrected chi connectivity index (χ0v) is 33.5. The third kappa shape index (κ3) is 9.97. The number of allylic oxidation sites excluding steroid dienone is 1. The summed E-state index contributed by atoms with van der Waals surface area (Å²) in [4.78, 5) is 12.5. The van der Waals surface area contributed by atoms with E-state index in [1.807, 2.05) is 36.4 Å². The Bertz CT molecular complexity index is 1410. The lowest BCUT2D eigenvalue weighted by atomic mass is 9.95. The lowest BCUT2D eigenvalue weighted by Crippen LogP contribution is -2.52. The van der Waals surface area contributed by atoms with Crippen LogP contribution in [0.5, 0.6) is 5.95 Å². The number of rotatable bonds is 10. The van der Waals surface area contributed by atoms with Crippen molar-refractivity contribution in [1.29, 1.82) is 0 Å². The van der Waals surface area contributed by atoms with Gasteiger partial charge in [0.1, 0.15) is 20.3 Å². The van der Waals surface area contributed by atoms with E-state index in [0.29, 0.717) is 18.3 Å². The fourth-order valence-corrected chi connectivity index (χ4v) is 6.96. The highest BCUT2D eigenvalue weighted by Gasteiger charge is 2.50. The standard InChI is InChI=1S/C36H56O7Si3/c1-26(37)40-30-24-28(21-23-44(8,9)10)41-33(32(30)39-25-27-18-16-15-17-19-27)31(42-45(11,12)35(2,3)4)29-20-22-38-34(29)43-46(13,14)36(5,6)7/h15-20,22,24,30-33H,25H2,1-14H3/t30-,31+,32+,33-/m1/s1. The van der Waals surface area contributed by atoms with E-state index in [1.165, 1.54) is 6.92 Å². The smallest absolute Gasteiger partial charge is 0.303 e. The number of carbonyl (C=O) groups is 1. The van der Waals surface area contributed by atoms with Gasteiger partial charge < -0.3 is 27.5 Å². The van der Waals surface area contributed by atoms with Crippen LogP contribution in [0.2, 0.25) is 55.9 Å². The van der Waals surface area contributed by atoms with Crippen molar-refractivity contribution in [3.05, 3.63) is 65.6 Å². The minimum atomic E-state index is -2.45. The Morgan fingerprint density at radius 3 is 2.07 bits per heavy atom. The summed E-state index contributed by atoms with van der Waals surface area (Å²) in [5.41, 5.74) is 5.14. The second-order valence-corrected chi connectivity index (χ2v) is 30.5. The predicted octanol–water partition coefficient (Wildman–Crippen LogP) is 9.41. The molecule has 0 saturated heterocycles. The average molecular weight is 685 g/mol. The van der Waals surface area contributed by atoms with Crippen molar-refractivity contribution < 1.29 is 32.3 Å². The van der Waals surface area contributed by atoms with Crippen molar-refractivity contribution in [2.45, 2.75) is 135 Å². The Balaban J connectivity index is 2.24. The molecule has 0 aliphatic carbocycles. The van der Waals surface area contributed by atoms with E-state index in [9.17, 15) is 4.79 Å². The molecule has 1 aliphatic rings. The van der Waals surface area contributed by atoms with Gasteiger partial charge in [0.15, 0.2) is 26.3 Å². The minimum Gasteiger partial charge on any atom is -0.518 e. The normalized spacial score (nSPS) is 20.1. The Labute approximate surface area is 280 Å². The molecule has 2 aromatic rings. The molecule has 0 amide bonds. The van der Waals surface area contributed by atoms with Gasteiger partial charge in [-0.25, -0.2) is 0 Å². The molecule has 0 bridgehead atoms. The summed E-state index contributed by atoms with van der Waals surface area (Å²) in [5.74, 6) is 3.72. The summed E-state index contributed by atoms with van der Waals surface area (Å²) in [6, 6.07) is 11.8. The van der Waals surface area contributed by atoms with Crippen LogP contribution in [0.15, 0.2) is 58.9 Å². The Hall–Kier alpha value is -2.56. The Morgan fingerprint density at radius 2 is 1.52 bits per heavy atom. The molecule has 254 valence electrons. The number of ether oxygens (including phenoxy) is 3. The van der Waals surface area contributed by atoms with Crippen LogP contribution in [0.25, 0.3) is 0 Å². The SMILES string of the molecule is CC(=O)O[C@@H]1C=C(C#C[Si](C)(C)C)O[C@H]([C@@H](O[Si](C)(C)C(C)(C)C)c2ccoc2O[Si](C)(C)C(C)(C)C)[C@H]1OCc1ccccc1. The van der Waals surface area contributed by atoms with Crippen LogP contribution in [-0.2, 0) is 30.0 Å². The molecule has 1 aromatic heterocycles. The first-order chi connectivity index (χ1) is 21.0. The summed E-state index contributed by atoms with van der Waals surface area (Å²) in [7, 11) is -6.51. The molecule has 0 spiro atoms. The molecule has 1 aliphatic heterocycles. The lowest BCUT2D eigenvalue weighted by molar-refractivity contribution is -0.174. The Kier molecular flexibility index (Phi) is 11.8. The molecule has 7 nitrogen and oxygen atoms in total. The molecule has 4 atom stereocenters. The van der Waals surface area contributed by atoms with Crippen molar-refractivity contribution in [2.24, 2.45) is 0 Å². The molecule has 0 radical (unpaired) electrons. The molecule has 46 heavy (non-hydrogen) atoms. The fraction of sp³-hybridized carbons (Fsp3) is 0.583. The summed E-state index contributed by atoms with van der Waals surface area (Å²) in [6.45, 7) is 30.2. The maximum absolute atomic E-state index is 12.5. The van der Waals surface area contributed by atoms with Gasteiger partial charge in [0, 0.05) is 13.0 Å². The first kappa shape index (κ1) is 37.9. The van der Waals surface area contributed by atoms with Crippen molar-refractivity contribution in [3.8, 4) is 17.4 Å². The third-order valence-electron chi connectivity index (χ3n) is 9.02. The molecular formula is C36H56O7Si3. The van der Waals surface area contributed by atoms with Gasteiger partial charge in [0.25, 0.3) is 14.3 Å². The highest BCUT2D eigenvalue weighted by Crippen LogP contribution is 2.47. The predicted molar refractivity (Wildman–Crippen MR) is 192 cm³/mol. The highest BCUT2D eigenvalue weighted by atomic mass is 28.4. The van der Waals surface area contributed by atoms with Gasteiger partial charge in [-0.15, -0.1) is 5.54 Å². The molecule has 0 saturated carbocycles. The van der Waals surface area contributed by atoms with Gasteiger partial charge >= 0.3 is 5.97 Å². The first-order valence-electron chi connectivity index (χ1n) is 16.2. The second kappa shape index (κ2) is 14.3. The molecule has 10 heteroatoms. The van der Waals surface area contributed by atoms with E-state index in [-0.39, 0.29) is 10.1 Å². The Morgan fingerprint density at radius 1 is 0.913 bits per heavy atom. The summed E-state index contributed by atoms with van der Waals surface area (Å²) in [5, 5.41) is -0.172. The van der Waals surface area contributed by atoms with Gasteiger partial charge in [0.05, 0.1) is 18.4 Å². The minimum absolute atomic E-state index is 0.0573. The van der Waals surface area contributed by atoms with Crippen molar-refractivity contribution in [1.82, 2.24) is 0 Å². The maximum Gasteiger partial charge on any atom is 0.303 e. The first-order valence-corrected chi connectivity index (χ1v) is 25.5.